The highest BCUT2D eigenvalue weighted by molar-refractivity contribution is 7.13. The van der Waals surface area contributed by atoms with Crippen LogP contribution in [0.1, 0.15) is 38.2 Å². The molecule has 2 aromatic carbocycles. The first-order chi connectivity index (χ1) is 11.9. The summed E-state index contributed by atoms with van der Waals surface area (Å²) < 4.78 is 11.1. The van der Waals surface area contributed by atoms with E-state index in [0.29, 0.717) is 12.3 Å². The third kappa shape index (κ3) is 3.82. The van der Waals surface area contributed by atoms with Gasteiger partial charge in [-0.25, -0.2) is 9.78 Å². The van der Waals surface area contributed by atoms with Crippen LogP contribution >= 0.6 is 11.3 Å². The molecule has 0 aliphatic carbocycles. The van der Waals surface area contributed by atoms with Gasteiger partial charge in [-0.1, -0.05) is 24.3 Å². The van der Waals surface area contributed by atoms with Crippen LogP contribution in [0, 0.1) is 0 Å². The third-order valence-corrected chi connectivity index (χ3v) is 4.39. The van der Waals surface area contributed by atoms with E-state index in [2.05, 4.69) is 4.98 Å². The lowest BCUT2D eigenvalue weighted by Gasteiger charge is -2.23. The fourth-order valence-electron chi connectivity index (χ4n) is 2.57. The van der Waals surface area contributed by atoms with E-state index < -0.39 is 0 Å². The number of benzene rings is 2. The Morgan fingerprint density at radius 1 is 1.12 bits per heavy atom. The summed E-state index contributed by atoms with van der Waals surface area (Å²) in [5.74, 6) is 0.455. The maximum Gasteiger partial charge on any atom is 0.357 e. The van der Waals surface area contributed by atoms with Crippen LogP contribution in [0.4, 0.5) is 0 Å². The quantitative estimate of drug-likeness (QED) is 0.595. The monoisotopic (exact) mass is 355 g/mol. The second kappa shape index (κ2) is 6.84. The summed E-state index contributed by atoms with van der Waals surface area (Å²) in [6, 6.07) is 12.0. The molecule has 0 saturated heterocycles. The van der Waals surface area contributed by atoms with Crippen LogP contribution in [0.3, 0.4) is 0 Å². The molecule has 0 aliphatic rings. The fourth-order valence-corrected chi connectivity index (χ4v) is 3.40. The van der Waals surface area contributed by atoms with Crippen molar-refractivity contribution in [2.45, 2.75) is 33.3 Å². The molecule has 4 nitrogen and oxygen atoms in total. The molecule has 1 aromatic heterocycles. The fraction of sp³-hybridized carbons (Fsp3) is 0.300. The van der Waals surface area contributed by atoms with Crippen LogP contribution in [0.15, 0.2) is 41.8 Å². The highest BCUT2D eigenvalue weighted by Gasteiger charge is 2.18. The number of nitrogens with zero attached hydrogens (tertiary/aromatic N) is 1. The number of carbonyl (C=O) groups is 1. The molecule has 0 amide bonds. The molecule has 0 N–H and O–H groups in total. The number of esters is 1. The van der Waals surface area contributed by atoms with Crippen molar-refractivity contribution in [1.29, 1.82) is 0 Å². The van der Waals surface area contributed by atoms with Crippen LogP contribution in [0.5, 0.6) is 5.75 Å². The van der Waals surface area contributed by atoms with E-state index in [1.54, 1.807) is 12.3 Å². The average molecular weight is 355 g/mol. The largest absolute Gasteiger partial charge is 0.488 e. The number of rotatable bonds is 4. The van der Waals surface area contributed by atoms with Crippen molar-refractivity contribution in [3.8, 4) is 16.3 Å². The van der Waals surface area contributed by atoms with Gasteiger partial charge in [-0.2, -0.15) is 0 Å². The Balaban J connectivity index is 2.06. The first kappa shape index (κ1) is 17.4. The predicted molar refractivity (Wildman–Crippen MR) is 101 cm³/mol. The van der Waals surface area contributed by atoms with Gasteiger partial charge in [-0.15, -0.1) is 11.3 Å². The number of ether oxygens (including phenoxy) is 2. The van der Waals surface area contributed by atoms with E-state index in [9.17, 15) is 4.79 Å². The van der Waals surface area contributed by atoms with E-state index in [4.69, 9.17) is 9.47 Å². The van der Waals surface area contributed by atoms with Gasteiger partial charge < -0.3 is 9.47 Å². The Hall–Kier alpha value is -2.40. The van der Waals surface area contributed by atoms with E-state index >= 15 is 0 Å². The van der Waals surface area contributed by atoms with Gasteiger partial charge in [0.05, 0.1) is 6.61 Å². The summed E-state index contributed by atoms with van der Waals surface area (Å²) in [5.41, 5.74) is 1.06. The van der Waals surface area contributed by atoms with E-state index in [1.165, 1.54) is 11.3 Å². The van der Waals surface area contributed by atoms with Crippen LogP contribution in [0.2, 0.25) is 0 Å². The molecular weight excluding hydrogens is 334 g/mol. The molecule has 3 aromatic rings. The zero-order valence-electron chi connectivity index (χ0n) is 14.8. The molecule has 0 unspecified atom stereocenters. The van der Waals surface area contributed by atoms with Gasteiger partial charge in [0.25, 0.3) is 0 Å². The minimum absolute atomic E-state index is 0.275. The standard InChI is InChI=1S/C20H21NO3S/c1-5-23-19(22)16-12-25-18(21-16)15-10-11-17(24-20(2,3)4)14-9-7-6-8-13(14)15/h6-12H,5H2,1-4H3. The molecular formula is C20H21NO3S. The zero-order valence-corrected chi connectivity index (χ0v) is 15.6. The number of hydrogen-bond donors (Lipinski definition) is 0. The van der Waals surface area contributed by atoms with Crippen molar-refractivity contribution in [2.24, 2.45) is 0 Å². The SMILES string of the molecule is CCOC(=O)c1csc(-c2ccc(OC(C)(C)C)c3ccccc23)n1. The summed E-state index contributed by atoms with van der Waals surface area (Å²) in [5, 5.41) is 4.61. The van der Waals surface area contributed by atoms with Crippen molar-refractivity contribution in [3.05, 3.63) is 47.5 Å². The average Bonchev–Trinajstić information content (AvgIpc) is 3.04. The Morgan fingerprint density at radius 2 is 1.84 bits per heavy atom. The van der Waals surface area contributed by atoms with Crippen molar-refractivity contribution >= 4 is 28.1 Å². The highest BCUT2D eigenvalue weighted by Crippen LogP contribution is 2.37. The minimum Gasteiger partial charge on any atom is -0.488 e. The zero-order chi connectivity index (χ0) is 18.0. The van der Waals surface area contributed by atoms with Gasteiger partial charge in [0.15, 0.2) is 5.69 Å². The second-order valence-electron chi connectivity index (χ2n) is 6.63. The summed E-state index contributed by atoms with van der Waals surface area (Å²) >= 11 is 1.44. The highest BCUT2D eigenvalue weighted by atomic mass is 32.1. The molecule has 0 aliphatic heterocycles. The smallest absolute Gasteiger partial charge is 0.357 e. The van der Waals surface area contributed by atoms with Gasteiger partial charge in [0, 0.05) is 16.3 Å². The first-order valence-electron chi connectivity index (χ1n) is 8.23. The molecule has 0 bridgehead atoms. The minimum atomic E-state index is -0.387. The predicted octanol–water partition coefficient (Wildman–Crippen LogP) is 5.32. The van der Waals surface area contributed by atoms with Crippen LogP contribution < -0.4 is 4.74 Å². The van der Waals surface area contributed by atoms with Gasteiger partial charge in [0.1, 0.15) is 16.4 Å². The van der Waals surface area contributed by atoms with Crippen molar-refractivity contribution in [3.63, 3.8) is 0 Å². The normalized spacial score (nSPS) is 11.5. The van der Waals surface area contributed by atoms with Gasteiger partial charge >= 0.3 is 5.97 Å². The number of fused-ring (bicyclic) bond motifs is 1. The van der Waals surface area contributed by atoms with Crippen molar-refractivity contribution in [2.75, 3.05) is 6.61 Å². The summed E-state index contributed by atoms with van der Waals surface area (Å²) in [4.78, 5) is 16.3. The molecule has 25 heavy (non-hydrogen) atoms. The lowest BCUT2D eigenvalue weighted by Crippen LogP contribution is -2.23. The molecule has 0 saturated carbocycles. The van der Waals surface area contributed by atoms with Gasteiger partial charge in [-0.3, -0.25) is 0 Å². The van der Waals surface area contributed by atoms with E-state index in [1.807, 2.05) is 57.2 Å². The first-order valence-corrected chi connectivity index (χ1v) is 9.11. The van der Waals surface area contributed by atoms with Crippen molar-refractivity contribution in [1.82, 2.24) is 4.98 Å². The Labute approximate surface area is 151 Å². The van der Waals surface area contributed by atoms with E-state index in [-0.39, 0.29) is 11.6 Å². The van der Waals surface area contributed by atoms with Crippen molar-refractivity contribution < 1.29 is 14.3 Å². The third-order valence-electron chi connectivity index (χ3n) is 3.52. The maximum atomic E-state index is 11.9. The molecule has 130 valence electrons. The van der Waals surface area contributed by atoms with E-state index in [0.717, 1.165) is 27.1 Å². The summed E-state index contributed by atoms with van der Waals surface area (Å²) in [6.07, 6.45) is 0. The summed E-state index contributed by atoms with van der Waals surface area (Å²) in [6.45, 7) is 8.21. The Morgan fingerprint density at radius 3 is 2.52 bits per heavy atom. The topological polar surface area (TPSA) is 48.4 Å². The molecule has 1 heterocycles. The molecule has 3 rings (SSSR count). The number of thiazole rings is 1. The van der Waals surface area contributed by atoms with Crippen LogP contribution in [-0.4, -0.2) is 23.2 Å². The molecule has 5 heteroatoms. The number of carbonyl (C=O) groups excluding carboxylic acids is 1. The Kier molecular flexibility index (Phi) is 4.77. The lowest BCUT2D eigenvalue weighted by molar-refractivity contribution is 0.0520. The van der Waals surface area contributed by atoms with Crippen LogP contribution in [-0.2, 0) is 4.74 Å². The number of aromatic nitrogens is 1. The summed E-state index contributed by atoms with van der Waals surface area (Å²) in [7, 11) is 0. The molecule has 0 radical (unpaired) electrons. The van der Waals surface area contributed by atoms with Gasteiger partial charge in [-0.05, 0) is 45.2 Å². The second-order valence-corrected chi connectivity index (χ2v) is 7.49. The molecule has 0 fully saturated rings. The molecule has 0 atom stereocenters. The number of hydrogen-bond acceptors (Lipinski definition) is 5. The lowest BCUT2D eigenvalue weighted by atomic mass is 10.0. The Bertz CT molecular complexity index is 909. The maximum absolute atomic E-state index is 11.9. The molecule has 0 spiro atoms. The van der Waals surface area contributed by atoms with Gasteiger partial charge in [0.2, 0.25) is 0 Å². The van der Waals surface area contributed by atoms with Crippen LogP contribution in [0.25, 0.3) is 21.3 Å².